The van der Waals surface area contributed by atoms with Gasteiger partial charge in [0.2, 0.25) is 6.79 Å². The summed E-state index contributed by atoms with van der Waals surface area (Å²) in [7, 11) is 0. The van der Waals surface area contributed by atoms with Crippen LogP contribution in [-0.4, -0.2) is 43.0 Å². The number of ether oxygens (including phenoxy) is 3. The molecule has 136 valence electrons. The normalized spacial score (nSPS) is 21.5. The van der Waals surface area contributed by atoms with Gasteiger partial charge >= 0.3 is 0 Å². The predicted molar refractivity (Wildman–Crippen MR) is 97.0 cm³/mol. The van der Waals surface area contributed by atoms with Crippen LogP contribution in [0.1, 0.15) is 24.2 Å². The topological polar surface area (TPSA) is 72.9 Å². The largest absolute Gasteiger partial charge is 0.454 e. The summed E-state index contributed by atoms with van der Waals surface area (Å²) in [4.78, 5) is 19.1. The number of carbonyl (C=O) groups excluding carboxylic acids is 1. The van der Waals surface area contributed by atoms with Gasteiger partial charge in [0.15, 0.2) is 11.5 Å². The maximum Gasteiger partial charge on any atom is 0.257 e. The summed E-state index contributed by atoms with van der Waals surface area (Å²) >= 11 is 0. The maximum atomic E-state index is 12.4. The first-order valence-corrected chi connectivity index (χ1v) is 8.66. The molecule has 0 bridgehead atoms. The first-order valence-electron chi connectivity index (χ1n) is 8.66. The summed E-state index contributed by atoms with van der Waals surface area (Å²) in [5.74, 6) is 1.95. The van der Waals surface area contributed by atoms with Gasteiger partial charge in [-0.05, 0) is 38.1 Å². The molecule has 1 amide bonds. The molecule has 1 N–H and O–H groups in total. The van der Waals surface area contributed by atoms with E-state index in [-0.39, 0.29) is 24.9 Å². The summed E-state index contributed by atoms with van der Waals surface area (Å²) in [6, 6.07) is 8.97. The molecule has 7 nitrogen and oxygen atoms in total. The number of amides is 1. The van der Waals surface area contributed by atoms with E-state index in [1.54, 1.807) is 30.5 Å². The van der Waals surface area contributed by atoms with Crippen LogP contribution in [0.2, 0.25) is 0 Å². The molecule has 0 unspecified atom stereocenters. The molecular weight excluding hydrogens is 334 g/mol. The molecule has 26 heavy (non-hydrogen) atoms. The Hall–Kier alpha value is -2.80. The molecule has 0 saturated carbocycles. The van der Waals surface area contributed by atoms with E-state index in [1.165, 1.54) is 0 Å². The van der Waals surface area contributed by atoms with E-state index < -0.39 is 0 Å². The summed E-state index contributed by atoms with van der Waals surface area (Å²) in [6.07, 6.45) is 1.92. The van der Waals surface area contributed by atoms with Crippen molar-refractivity contribution in [2.24, 2.45) is 0 Å². The third-order valence-corrected chi connectivity index (χ3v) is 4.38. The smallest absolute Gasteiger partial charge is 0.257 e. The Labute approximate surface area is 151 Å². The molecule has 0 spiro atoms. The van der Waals surface area contributed by atoms with Gasteiger partial charge in [-0.25, -0.2) is 4.98 Å². The van der Waals surface area contributed by atoms with Crippen molar-refractivity contribution < 1.29 is 19.0 Å². The molecule has 1 aromatic carbocycles. The molecule has 0 radical (unpaired) electrons. The van der Waals surface area contributed by atoms with E-state index in [0.29, 0.717) is 22.7 Å². The Morgan fingerprint density at radius 2 is 1.88 bits per heavy atom. The van der Waals surface area contributed by atoms with Gasteiger partial charge in [-0.1, -0.05) is 0 Å². The number of pyridine rings is 1. The summed E-state index contributed by atoms with van der Waals surface area (Å²) < 4.78 is 16.3. The standard InChI is InChI=1S/C19H21N3O4/c1-12-9-22(10-13(2)26-12)18-6-3-14(8-20-18)19(23)21-15-4-5-16-17(7-15)25-11-24-16/h3-8,12-13H,9-11H2,1-2H3,(H,21,23)/t12-,13+. The lowest BCUT2D eigenvalue weighted by Crippen LogP contribution is -2.45. The molecule has 2 aromatic rings. The molecule has 2 aliphatic rings. The summed E-state index contributed by atoms with van der Waals surface area (Å²) in [6.45, 7) is 5.89. The van der Waals surface area contributed by atoms with Crippen LogP contribution in [0.15, 0.2) is 36.5 Å². The van der Waals surface area contributed by atoms with Gasteiger partial charge in [0.25, 0.3) is 5.91 Å². The Balaban J connectivity index is 1.44. The van der Waals surface area contributed by atoms with Crippen molar-refractivity contribution >= 4 is 17.4 Å². The highest BCUT2D eigenvalue weighted by molar-refractivity contribution is 6.04. The molecular formula is C19H21N3O4. The lowest BCUT2D eigenvalue weighted by atomic mass is 10.2. The van der Waals surface area contributed by atoms with Crippen LogP contribution in [0, 0.1) is 0 Å². The quantitative estimate of drug-likeness (QED) is 0.913. The SMILES string of the molecule is C[C@@H]1CN(c2ccc(C(=O)Nc3ccc4c(c3)OCO4)cn2)C[C@H](C)O1. The zero-order chi connectivity index (χ0) is 18.1. The van der Waals surface area contributed by atoms with Crippen LogP contribution in [0.5, 0.6) is 11.5 Å². The van der Waals surface area contributed by atoms with Crippen LogP contribution >= 0.6 is 0 Å². The fourth-order valence-electron chi connectivity index (χ4n) is 3.25. The van der Waals surface area contributed by atoms with E-state index in [2.05, 4.69) is 29.0 Å². The minimum atomic E-state index is -0.216. The van der Waals surface area contributed by atoms with Crippen molar-refractivity contribution in [1.29, 1.82) is 0 Å². The van der Waals surface area contributed by atoms with E-state index in [0.717, 1.165) is 18.9 Å². The first kappa shape index (κ1) is 16.7. The Morgan fingerprint density at radius 1 is 1.12 bits per heavy atom. The monoisotopic (exact) mass is 355 g/mol. The van der Waals surface area contributed by atoms with E-state index in [4.69, 9.17) is 14.2 Å². The van der Waals surface area contributed by atoms with Crippen molar-refractivity contribution in [3.05, 3.63) is 42.1 Å². The Morgan fingerprint density at radius 3 is 2.62 bits per heavy atom. The number of nitrogens with zero attached hydrogens (tertiary/aromatic N) is 2. The minimum absolute atomic E-state index is 0.162. The van der Waals surface area contributed by atoms with Gasteiger partial charge < -0.3 is 24.4 Å². The predicted octanol–water partition coefficient (Wildman–Crippen LogP) is 2.68. The van der Waals surface area contributed by atoms with Crippen molar-refractivity contribution in [2.45, 2.75) is 26.1 Å². The summed E-state index contributed by atoms with van der Waals surface area (Å²) in [5, 5.41) is 2.85. The van der Waals surface area contributed by atoms with Crippen LogP contribution in [0.4, 0.5) is 11.5 Å². The highest BCUT2D eigenvalue weighted by atomic mass is 16.7. The van der Waals surface area contributed by atoms with Crippen molar-refractivity contribution in [1.82, 2.24) is 4.98 Å². The lowest BCUT2D eigenvalue weighted by molar-refractivity contribution is -0.00546. The third-order valence-electron chi connectivity index (χ3n) is 4.38. The lowest BCUT2D eigenvalue weighted by Gasteiger charge is -2.36. The highest BCUT2D eigenvalue weighted by Crippen LogP contribution is 2.34. The second kappa shape index (κ2) is 6.84. The minimum Gasteiger partial charge on any atom is -0.454 e. The van der Waals surface area contributed by atoms with Gasteiger partial charge in [0, 0.05) is 31.0 Å². The van der Waals surface area contributed by atoms with Gasteiger partial charge in [-0.2, -0.15) is 0 Å². The number of hydrogen-bond donors (Lipinski definition) is 1. The number of rotatable bonds is 3. The number of carbonyl (C=O) groups is 1. The Kier molecular flexibility index (Phi) is 4.38. The van der Waals surface area contributed by atoms with Crippen LogP contribution in [0.3, 0.4) is 0 Å². The second-order valence-corrected chi connectivity index (χ2v) is 6.59. The van der Waals surface area contributed by atoms with Crippen molar-refractivity contribution in [2.75, 3.05) is 30.1 Å². The number of hydrogen-bond acceptors (Lipinski definition) is 6. The first-order chi connectivity index (χ1) is 12.6. The van der Waals surface area contributed by atoms with E-state index >= 15 is 0 Å². The number of fused-ring (bicyclic) bond motifs is 1. The summed E-state index contributed by atoms with van der Waals surface area (Å²) in [5.41, 5.74) is 1.15. The number of nitrogens with one attached hydrogen (secondary N) is 1. The third kappa shape index (κ3) is 3.43. The van der Waals surface area contributed by atoms with E-state index in [1.807, 2.05) is 6.07 Å². The van der Waals surface area contributed by atoms with Gasteiger partial charge in [0.05, 0.1) is 17.8 Å². The maximum absolute atomic E-state index is 12.4. The van der Waals surface area contributed by atoms with Gasteiger partial charge in [-0.15, -0.1) is 0 Å². The zero-order valence-electron chi connectivity index (χ0n) is 14.8. The fourth-order valence-corrected chi connectivity index (χ4v) is 3.25. The number of aromatic nitrogens is 1. The van der Waals surface area contributed by atoms with Crippen LogP contribution in [0.25, 0.3) is 0 Å². The molecule has 1 fully saturated rings. The average Bonchev–Trinajstić information content (AvgIpc) is 3.09. The highest BCUT2D eigenvalue weighted by Gasteiger charge is 2.23. The van der Waals surface area contributed by atoms with Crippen LogP contribution in [-0.2, 0) is 4.74 Å². The number of anilines is 2. The van der Waals surface area contributed by atoms with Gasteiger partial charge in [0.1, 0.15) is 5.82 Å². The fraction of sp³-hybridized carbons (Fsp3) is 0.368. The molecule has 7 heteroatoms. The molecule has 2 atom stereocenters. The average molecular weight is 355 g/mol. The van der Waals surface area contributed by atoms with Gasteiger partial charge in [-0.3, -0.25) is 4.79 Å². The molecule has 1 aromatic heterocycles. The van der Waals surface area contributed by atoms with Crippen LogP contribution < -0.4 is 19.7 Å². The van der Waals surface area contributed by atoms with Crippen molar-refractivity contribution in [3.8, 4) is 11.5 Å². The molecule has 2 aliphatic heterocycles. The van der Waals surface area contributed by atoms with E-state index in [9.17, 15) is 4.79 Å². The zero-order valence-corrected chi connectivity index (χ0v) is 14.8. The molecule has 3 heterocycles. The molecule has 1 saturated heterocycles. The number of benzene rings is 1. The molecule has 4 rings (SSSR count). The number of morpholine rings is 1. The second-order valence-electron chi connectivity index (χ2n) is 6.59. The van der Waals surface area contributed by atoms with Crippen molar-refractivity contribution in [3.63, 3.8) is 0 Å². The Bertz CT molecular complexity index is 799. The molecule has 0 aliphatic carbocycles.